The van der Waals surface area contributed by atoms with Gasteiger partial charge >= 0.3 is 0 Å². The van der Waals surface area contributed by atoms with Crippen molar-refractivity contribution in [1.29, 1.82) is 0 Å². The molecule has 0 saturated carbocycles. The van der Waals surface area contributed by atoms with E-state index in [1.54, 1.807) is 12.4 Å². The fourth-order valence-corrected chi connectivity index (χ4v) is 0.968. The van der Waals surface area contributed by atoms with Crippen molar-refractivity contribution >= 4 is 18.5 Å². The second-order valence-electron chi connectivity index (χ2n) is 2.56. The summed E-state index contributed by atoms with van der Waals surface area (Å²) < 4.78 is 0. The van der Waals surface area contributed by atoms with E-state index >= 15 is 0 Å². The lowest BCUT2D eigenvalue weighted by Crippen LogP contribution is -2.37. The van der Waals surface area contributed by atoms with Crippen LogP contribution in [0, 0.1) is 5.92 Å². The third-order valence-corrected chi connectivity index (χ3v) is 1.63. The summed E-state index contributed by atoms with van der Waals surface area (Å²) in [7, 11) is 0. The van der Waals surface area contributed by atoms with E-state index in [0.717, 1.165) is 0 Å². The summed E-state index contributed by atoms with van der Waals surface area (Å²) in [6, 6.07) is 0. The summed E-state index contributed by atoms with van der Waals surface area (Å²) in [5.41, 5.74) is 0. The number of nitrogens with zero attached hydrogens (tertiary/aromatic N) is 1. The molecule has 0 aromatic heterocycles. The number of aliphatic imine (C=N–C) groups is 1. The topological polar surface area (TPSA) is 70.6 Å². The summed E-state index contributed by atoms with van der Waals surface area (Å²) >= 11 is 0. The largest absolute Gasteiger partial charge is 0.341 e. The molecular formula is C8H11N3O2. The summed E-state index contributed by atoms with van der Waals surface area (Å²) in [6.45, 7) is 0.163. The van der Waals surface area contributed by atoms with Crippen LogP contribution in [-0.4, -0.2) is 25.2 Å². The Labute approximate surface area is 75.9 Å². The Kier molecular flexibility index (Phi) is 3.69. The number of nitrogens with one attached hydrogen (secondary N) is 2. The Morgan fingerprint density at radius 3 is 3.15 bits per heavy atom. The first-order valence-electron chi connectivity index (χ1n) is 3.97. The summed E-state index contributed by atoms with van der Waals surface area (Å²) in [4.78, 5) is 25.0. The number of amides is 2. The van der Waals surface area contributed by atoms with E-state index < -0.39 is 0 Å². The van der Waals surface area contributed by atoms with Gasteiger partial charge in [-0.1, -0.05) is 6.08 Å². The summed E-state index contributed by atoms with van der Waals surface area (Å²) in [6.07, 6.45) is 6.28. The molecule has 0 bridgehead atoms. The Balaban J connectivity index is 2.27. The van der Waals surface area contributed by atoms with Gasteiger partial charge in [0.05, 0.1) is 12.6 Å². The third kappa shape index (κ3) is 3.06. The number of rotatable bonds is 4. The van der Waals surface area contributed by atoms with Crippen molar-refractivity contribution in [3.05, 3.63) is 12.3 Å². The van der Waals surface area contributed by atoms with Gasteiger partial charge in [-0.25, -0.2) is 0 Å². The van der Waals surface area contributed by atoms with Crippen molar-refractivity contribution in [2.75, 3.05) is 6.67 Å². The minimum Gasteiger partial charge on any atom is -0.341 e. The highest BCUT2D eigenvalue weighted by Crippen LogP contribution is 2.05. The maximum absolute atomic E-state index is 11.3. The predicted octanol–water partition coefficient (Wildman–Crippen LogP) is -0.590. The molecule has 1 aliphatic heterocycles. The molecule has 70 valence electrons. The minimum absolute atomic E-state index is 0.123. The Morgan fingerprint density at radius 1 is 1.69 bits per heavy atom. The molecule has 13 heavy (non-hydrogen) atoms. The molecule has 2 N–H and O–H groups in total. The highest BCUT2D eigenvalue weighted by molar-refractivity contribution is 5.94. The van der Waals surface area contributed by atoms with Crippen LogP contribution in [0.2, 0.25) is 0 Å². The molecular weight excluding hydrogens is 170 g/mol. The van der Waals surface area contributed by atoms with Crippen molar-refractivity contribution in [1.82, 2.24) is 10.6 Å². The molecule has 0 aliphatic carbocycles. The second kappa shape index (κ2) is 5.08. The standard InChI is InChI=1S/C8H11N3O2/c12-6-10-5-11-8(13)7-2-1-3-9-4-7/h1,3-4,6-7H,2,5H2,(H,10,12)(H,11,13). The molecule has 0 spiro atoms. The van der Waals surface area contributed by atoms with Gasteiger partial charge in [0.15, 0.2) is 0 Å². The van der Waals surface area contributed by atoms with Crippen LogP contribution in [0.25, 0.3) is 0 Å². The number of hydrogen-bond acceptors (Lipinski definition) is 3. The van der Waals surface area contributed by atoms with Crippen molar-refractivity contribution in [3.8, 4) is 0 Å². The minimum atomic E-state index is -0.210. The van der Waals surface area contributed by atoms with Crippen LogP contribution >= 0.6 is 0 Å². The SMILES string of the molecule is O=CNCNC(=O)C1C=NC=CC1. The van der Waals surface area contributed by atoms with E-state index in [2.05, 4.69) is 15.6 Å². The quantitative estimate of drug-likeness (QED) is 0.346. The average Bonchev–Trinajstić information content (AvgIpc) is 2.19. The van der Waals surface area contributed by atoms with Gasteiger partial charge in [0.25, 0.3) is 0 Å². The van der Waals surface area contributed by atoms with E-state index in [9.17, 15) is 9.59 Å². The van der Waals surface area contributed by atoms with Gasteiger partial charge in [-0.2, -0.15) is 0 Å². The van der Waals surface area contributed by atoms with Crippen LogP contribution in [0.15, 0.2) is 17.3 Å². The molecule has 1 rings (SSSR count). The van der Waals surface area contributed by atoms with E-state index in [1.165, 1.54) is 0 Å². The van der Waals surface area contributed by atoms with Crippen LogP contribution in [0.5, 0.6) is 0 Å². The lowest BCUT2D eigenvalue weighted by Gasteiger charge is -2.11. The Morgan fingerprint density at radius 2 is 2.54 bits per heavy atom. The molecule has 1 unspecified atom stereocenters. The first-order chi connectivity index (χ1) is 6.34. The normalized spacial score (nSPS) is 19.5. The molecule has 0 aromatic rings. The van der Waals surface area contributed by atoms with Gasteiger partial charge in [0.2, 0.25) is 12.3 Å². The molecule has 1 atom stereocenters. The predicted molar refractivity (Wildman–Crippen MR) is 47.9 cm³/mol. The van der Waals surface area contributed by atoms with Gasteiger partial charge in [-0.05, 0) is 6.42 Å². The zero-order valence-electron chi connectivity index (χ0n) is 7.06. The molecule has 1 aliphatic rings. The molecule has 0 saturated heterocycles. The first-order valence-corrected chi connectivity index (χ1v) is 3.97. The molecule has 5 nitrogen and oxygen atoms in total. The van der Waals surface area contributed by atoms with Gasteiger partial charge < -0.3 is 10.6 Å². The second-order valence-corrected chi connectivity index (χ2v) is 2.56. The number of carbonyl (C=O) groups excluding carboxylic acids is 2. The smallest absolute Gasteiger partial charge is 0.230 e. The van der Waals surface area contributed by atoms with Crippen molar-refractivity contribution in [2.45, 2.75) is 6.42 Å². The highest BCUT2D eigenvalue weighted by atomic mass is 16.2. The van der Waals surface area contributed by atoms with Crippen LogP contribution in [0.3, 0.4) is 0 Å². The van der Waals surface area contributed by atoms with E-state index in [1.807, 2.05) is 6.08 Å². The average molecular weight is 181 g/mol. The fraction of sp³-hybridized carbons (Fsp3) is 0.375. The number of allylic oxidation sites excluding steroid dienone is 1. The van der Waals surface area contributed by atoms with Crippen molar-refractivity contribution in [2.24, 2.45) is 10.9 Å². The third-order valence-electron chi connectivity index (χ3n) is 1.63. The van der Waals surface area contributed by atoms with Crippen LogP contribution in [-0.2, 0) is 9.59 Å². The maximum atomic E-state index is 11.3. The lowest BCUT2D eigenvalue weighted by molar-refractivity contribution is -0.123. The Bertz CT molecular complexity index is 248. The molecule has 0 aromatic carbocycles. The number of carbonyl (C=O) groups is 2. The highest BCUT2D eigenvalue weighted by Gasteiger charge is 2.14. The van der Waals surface area contributed by atoms with Crippen molar-refractivity contribution in [3.63, 3.8) is 0 Å². The van der Waals surface area contributed by atoms with Gasteiger partial charge in [-0.15, -0.1) is 0 Å². The summed E-state index contributed by atoms with van der Waals surface area (Å²) in [5.74, 6) is -0.332. The van der Waals surface area contributed by atoms with Crippen LogP contribution in [0.1, 0.15) is 6.42 Å². The Hall–Kier alpha value is -1.65. The van der Waals surface area contributed by atoms with Gasteiger partial charge in [0, 0.05) is 12.4 Å². The van der Waals surface area contributed by atoms with E-state index in [4.69, 9.17) is 0 Å². The maximum Gasteiger partial charge on any atom is 0.230 e. The zero-order valence-corrected chi connectivity index (χ0v) is 7.06. The molecule has 2 amide bonds. The molecule has 5 heteroatoms. The first kappa shape index (κ1) is 9.44. The fourth-order valence-electron chi connectivity index (χ4n) is 0.968. The zero-order chi connectivity index (χ0) is 9.52. The van der Waals surface area contributed by atoms with E-state index in [-0.39, 0.29) is 18.5 Å². The van der Waals surface area contributed by atoms with Gasteiger partial charge in [0.1, 0.15) is 0 Å². The number of hydrogen-bond donors (Lipinski definition) is 2. The molecule has 0 radical (unpaired) electrons. The monoisotopic (exact) mass is 181 g/mol. The van der Waals surface area contributed by atoms with E-state index in [0.29, 0.717) is 12.8 Å². The van der Waals surface area contributed by atoms with Crippen molar-refractivity contribution < 1.29 is 9.59 Å². The van der Waals surface area contributed by atoms with Gasteiger partial charge in [-0.3, -0.25) is 14.6 Å². The van der Waals surface area contributed by atoms with Crippen LogP contribution < -0.4 is 10.6 Å². The summed E-state index contributed by atoms with van der Waals surface area (Å²) in [5, 5.41) is 4.89. The van der Waals surface area contributed by atoms with Crippen LogP contribution in [0.4, 0.5) is 0 Å². The molecule has 0 fully saturated rings. The lowest BCUT2D eigenvalue weighted by atomic mass is 10.1. The molecule has 1 heterocycles.